The SMILES string of the molecule is CS(=O)(=O)Cc1noc(-c2ccc(C#N)[nH]2)n1. The van der Waals surface area contributed by atoms with Crippen molar-refractivity contribution in [3.8, 4) is 17.7 Å². The average Bonchev–Trinajstić information content (AvgIpc) is 2.82. The van der Waals surface area contributed by atoms with Gasteiger partial charge in [-0.15, -0.1) is 0 Å². The Morgan fingerprint density at radius 3 is 2.88 bits per heavy atom. The summed E-state index contributed by atoms with van der Waals surface area (Å²) >= 11 is 0. The van der Waals surface area contributed by atoms with Gasteiger partial charge in [-0.25, -0.2) is 8.42 Å². The van der Waals surface area contributed by atoms with Gasteiger partial charge in [0.2, 0.25) is 0 Å². The van der Waals surface area contributed by atoms with Crippen LogP contribution in [-0.4, -0.2) is 29.8 Å². The van der Waals surface area contributed by atoms with Crippen molar-refractivity contribution in [3.05, 3.63) is 23.7 Å². The largest absolute Gasteiger partial charge is 0.342 e. The van der Waals surface area contributed by atoms with Crippen LogP contribution in [-0.2, 0) is 15.6 Å². The second kappa shape index (κ2) is 4.03. The number of nitrogens with one attached hydrogen (secondary N) is 1. The summed E-state index contributed by atoms with van der Waals surface area (Å²) in [5.74, 6) is -0.0248. The van der Waals surface area contributed by atoms with Gasteiger partial charge in [-0.2, -0.15) is 10.2 Å². The van der Waals surface area contributed by atoms with Gasteiger partial charge in [0.15, 0.2) is 15.7 Å². The predicted octanol–water partition coefficient (Wildman–Crippen LogP) is 0.481. The van der Waals surface area contributed by atoms with Gasteiger partial charge in [0.1, 0.15) is 23.2 Å². The molecule has 2 aromatic heterocycles. The van der Waals surface area contributed by atoms with E-state index in [4.69, 9.17) is 9.78 Å². The van der Waals surface area contributed by atoms with Crippen molar-refractivity contribution in [3.63, 3.8) is 0 Å². The number of hydrogen-bond donors (Lipinski definition) is 1. The minimum Gasteiger partial charge on any atom is -0.342 e. The molecular formula is C9H8N4O3S. The standard InChI is InChI=1S/C9H8N4O3S/c1-17(14,15)5-8-12-9(16-13-8)7-3-2-6(4-10)11-7/h2-3,11H,5H2,1H3. The molecule has 1 N–H and O–H groups in total. The predicted molar refractivity (Wildman–Crippen MR) is 57.3 cm³/mol. The summed E-state index contributed by atoms with van der Waals surface area (Å²) in [5.41, 5.74) is 0.844. The maximum atomic E-state index is 11.0. The molecule has 8 heteroatoms. The molecule has 0 aliphatic rings. The number of aromatic amines is 1. The molecule has 17 heavy (non-hydrogen) atoms. The van der Waals surface area contributed by atoms with Crippen LogP contribution < -0.4 is 0 Å². The van der Waals surface area contributed by atoms with Crippen molar-refractivity contribution < 1.29 is 12.9 Å². The lowest BCUT2D eigenvalue weighted by molar-refractivity contribution is 0.423. The Hall–Kier alpha value is -2.14. The lowest BCUT2D eigenvalue weighted by Crippen LogP contribution is -2.02. The minimum atomic E-state index is -3.19. The molecule has 0 aliphatic heterocycles. The van der Waals surface area contributed by atoms with Crippen LogP contribution in [0.2, 0.25) is 0 Å². The maximum absolute atomic E-state index is 11.0. The summed E-state index contributed by atoms with van der Waals surface area (Å²) in [6.45, 7) is 0. The van der Waals surface area contributed by atoms with E-state index in [0.29, 0.717) is 11.4 Å². The van der Waals surface area contributed by atoms with Crippen molar-refractivity contribution in [1.82, 2.24) is 15.1 Å². The van der Waals surface area contributed by atoms with Crippen LogP contribution >= 0.6 is 0 Å². The molecule has 0 atom stereocenters. The van der Waals surface area contributed by atoms with E-state index in [1.165, 1.54) is 0 Å². The van der Waals surface area contributed by atoms with Crippen LogP contribution in [0.15, 0.2) is 16.7 Å². The molecule has 0 saturated carbocycles. The monoisotopic (exact) mass is 252 g/mol. The van der Waals surface area contributed by atoms with Crippen LogP contribution in [0.5, 0.6) is 0 Å². The van der Waals surface area contributed by atoms with E-state index < -0.39 is 9.84 Å². The van der Waals surface area contributed by atoms with Gasteiger partial charge in [0.25, 0.3) is 5.89 Å². The van der Waals surface area contributed by atoms with Crippen LogP contribution in [0.3, 0.4) is 0 Å². The Morgan fingerprint density at radius 2 is 2.29 bits per heavy atom. The van der Waals surface area contributed by atoms with Gasteiger partial charge in [-0.1, -0.05) is 5.16 Å². The van der Waals surface area contributed by atoms with E-state index in [-0.39, 0.29) is 17.5 Å². The van der Waals surface area contributed by atoms with E-state index in [0.717, 1.165) is 6.26 Å². The molecule has 0 unspecified atom stereocenters. The first kappa shape index (κ1) is 11.3. The Labute approximate surface area is 97.0 Å². The molecule has 88 valence electrons. The molecule has 2 aromatic rings. The molecule has 0 aromatic carbocycles. The Bertz CT molecular complexity index is 677. The highest BCUT2D eigenvalue weighted by Gasteiger charge is 2.14. The zero-order chi connectivity index (χ0) is 12.5. The van der Waals surface area contributed by atoms with Crippen LogP contribution in [0.25, 0.3) is 11.6 Å². The summed E-state index contributed by atoms with van der Waals surface area (Å²) in [6.07, 6.45) is 1.09. The number of H-pyrrole nitrogens is 1. The molecule has 0 saturated heterocycles. The highest BCUT2D eigenvalue weighted by molar-refractivity contribution is 7.89. The van der Waals surface area contributed by atoms with Crippen LogP contribution in [0, 0.1) is 11.3 Å². The van der Waals surface area contributed by atoms with Gasteiger partial charge in [0.05, 0.1) is 0 Å². The summed E-state index contributed by atoms with van der Waals surface area (Å²) in [4.78, 5) is 6.66. The fraction of sp³-hybridized carbons (Fsp3) is 0.222. The number of hydrogen-bond acceptors (Lipinski definition) is 6. The Kier molecular flexibility index (Phi) is 2.69. The van der Waals surface area contributed by atoms with Crippen molar-refractivity contribution in [2.75, 3.05) is 6.26 Å². The van der Waals surface area contributed by atoms with Gasteiger partial charge >= 0.3 is 0 Å². The summed E-state index contributed by atoms with van der Waals surface area (Å²) in [7, 11) is -3.19. The number of sulfone groups is 1. The quantitative estimate of drug-likeness (QED) is 0.850. The van der Waals surface area contributed by atoms with Crippen molar-refractivity contribution in [2.24, 2.45) is 0 Å². The lowest BCUT2D eigenvalue weighted by atomic mass is 10.4. The second-order valence-corrected chi connectivity index (χ2v) is 5.62. The first-order valence-corrected chi connectivity index (χ1v) is 6.64. The zero-order valence-corrected chi connectivity index (χ0v) is 9.65. The highest BCUT2D eigenvalue weighted by atomic mass is 32.2. The minimum absolute atomic E-state index is 0.0932. The molecule has 0 amide bonds. The first-order chi connectivity index (χ1) is 7.98. The van der Waals surface area contributed by atoms with E-state index in [1.807, 2.05) is 6.07 Å². The third-order valence-electron chi connectivity index (χ3n) is 1.90. The normalized spacial score (nSPS) is 11.3. The maximum Gasteiger partial charge on any atom is 0.274 e. The summed E-state index contributed by atoms with van der Waals surface area (Å²) < 4.78 is 26.9. The molecule has 7 nitrogen and oxygen atoms in total. The fourth-order valence-electron chi connectivity index (χ4n) is 1.24. The van der Waals surface area contributed by atoms with Crippen LogP contribution in [0.1, 0.15) is 11.5 Å². The lowest BCUT2D eigenvalue weighted by Gasteiger charge is -1.88. The summed E-state index contributed by atoms with van der Waals surface area (Å²) in [6, 6.07) is 5.09. The molecular weight excluding hydrogens is 244 g/mol. The molecule has 0 bridgehead atoms. The third kappa shape index (κ3) is 2.70. The fourth-order valence-corrected chi connectivity index (χ4v) is 1.83. The Morgan fingerprint density at radius 1 is 1.53 bits per heavy atom. The molecule has 2 rings (SSSR count). The number of rotatable bonds is 3. The van der Waals surface area contributed by atoms with Gasteiger partial charge in [-0.3, -0.25) is 0 Å². The molecule has 0 spiro atoms. The van der Waals surface area contributed by atoms with E-state index >= 15 is 0 Å². The average molecular weight is 252 g/mol. The molecule has 0 fully saturated rings. The van der Waals surface area contributed by atoms with Gasteiger partial charge in [-0.05, 0) is 12.1 Å². The van der Waals surface area contributed by atoms with Gasteiger partial charge < -0.3 is 9.51 Å². The summed E-state index contributed by atoms with van der Waals surface area (Å²) in [5, 5.41) is 12.2. The first-order valence-electron chi connectivity index (χ1n) is 4.58. The van der Waals surface area contributed by atoms with Gasteiger partial charge in [0, 0.05) is 6.26 Å². The number of nitrogens with zero attached hydrogens (tertiary/aromatic N) is 3. The van der Waals surface area contributed by atoms with E-state index in [9.17, 15) is 8.42 Å². The van der Waals surface area contributed by atoms with Crippen molar-refractivity contribution >= 4 is 9.84 Å². The second-order valence-electron chi connectivity index (χ2n) is 3.48. The van der Waals surface area contributed by atoms with Crippen molar-refractivity contribution in [2.45, 2.75) is 5.75 Å². The number of nitriles is 1. The molecule has 0 aliphatic carbocycles. The molecule has 0 radical (unpaired) electrons. The highest BCUT2D eigenvalue weighted by Crippen LogP contribution is 2.16. The zero-order valence-electron chi connectivity index (χ0n) is 8.84. The smallest absolute Gasteiger partial charge is 0.274 e. The molecule has 2 heterocycles. The topological polar surface area (TPSA) is 113 Å². The van der Waals surface area contributed by atoms with E-state index in [1.54, 1.807) is 12.1 Å². The Balaban J connectivity index is 2.27. The van der Waals surface area contributed by atoms with Crippen LogP contribution in [0.4, 0.5) is 0 Å². The third-order valence-corrected chi connectivity index (χ3v) is 2.68. The number of aromatic nitrogens is 3. The van der Waals surface area contributed by atoms with E-state index in [2.05, 4.69) is 15.1 Å². The van der Waals surface area contributed by atoms with Crippen molar-refractivity contribution in [1.29, 1.82) is 5.26 Å².